The summed E-state index contributed by atoms with van der Waals surface area (Å²) >= 11 is 0. The van der Waals surface area contributed by atoms with Gasteiger partial charge in [-0.2, -0.15) is 4.98 Å². The molecule has 1 fully saturated rings. The van der Waals surface area contributed by atoms with Gasteiger partial charge in [0.15, 0.2) is 0 Å². The molecule has 0 radical (unpaired) electrons. The molecule has 1 aliphatic rings. The number of hydrogen-bond donors (Lipinski definition) is 2. The minimum Gasteiger partial charge on any atom is -0.372 e. The smallest absolute Gasteiger partial charge is 0.224 e. The first kappa shape index (κ1) is 17.3. The van der Waals surface area contributed by atoms with Crippen molar-refractivity contribution in [2.24, 2.45) is 0 Å². The Labute approximate surface area is 158 Å². The van der Waals surface area contributed by atoms with Gasteiger partial charge < -0.3 is 15.5 Å². The lowest BCUT2D eigenvalue weighted by Crippen LogP contribution is -2.17. The molecule has 0 spiro atoms. The molecule has 0 aliphatic carbocycles. The van der Waals surface area contributed by atoms with Crippen LogP contribution in [0, 0.1) is 5.82 Å². The summed E-state index contributed by atoms with van der Waals surface area (Å²) in [6, 6.07) is 16.9. The van der Waals surface area contributed by atoms with Crippen LogP contribution in [-0.2, 0) is 6.54 Å². The molecule has 0 bridgehead atoms. The zero-order chi connectivity index (χ0) is 18.5. The Morgan fingerprint density at radius 3 is 2.52 bits per heavy atom. The highest BCUT2D eigenvalue weighted by Gasteiger charge is 2.11. The van der Waals surface area contributed by atoms with Gasteiger partial charge in [0.05, 0.1) is 0 Å². The molecule has 5 nitrogen and oxygen atoms in total. The molecule has 2 N–H and O–H groups in total. The first-order chi connectivity index (χ1) is 13.3. The maximum absolute atomic E-state index is 13.7. The van der Waals surface area contributed by atoms with Crippen LogP contribution in [0.5, 0.6) is 0 Å². The molecule has 4 rings (SSSR count). The van der Waals surface area contributed by atoms with Crippen LogP contribution in [0.25, 0.3) is 0 Å². The summed E-state index contributed by atoms with van der Waals surface area (Å²) in [7, 11) is 0. The van der Waals surface area contributed by atoms with Crippen molar-refractivity contribution in [2.45, 2.75) is 19.4 Å². The Bertz CT molecular complexity index is 891. The normalized spacial score (nSPS) is 13.6. The first-order valence-corrected chi connectivity index (χ1v) is 9.20. The Kier molecular flexibility index (Phi) is 5.14. The summed E-state index contributed by atoms with van der Waals surface area (Å²) in [5.74, 6) is 0.907. The number of nitrogens with zero attached hydrogens (tertiary/aromatic N) is 3. The van der Waals surface area contributed by atoms with Crippen LogP contribution in [0.4, 0.5) is 27.5 Å². The van der Waals surface area contributed by atoms with E-state index in [1.54, 1.807) is 18.3 Å². The second kappa shape index (κ2) is 8.03. The van der Waals surface area contributed by atoms with Gasteiger partial charge in [-0.1, -0.05) is 18.2 Å². The van der Waals surface area contributed by atoms with Gasteiger partial charge >= 0.3 is 0 Å². The van der Waals surface area contributed by atoms with Crippen molar-refractivity contribution in [3.63, 3.8) is 0 Å². The van der Waals surface area contributed by atoms with E-state index in [1.807, 2.05) is 12.1 Å². The van der Waals surface area contributed by atoms with Gasteiger partial charge in [-0.05, 0) is 49.2 Å². The molecule has 2 aromatic carbocycles. The number of hydrogen-bond acceptors (Lipinski definition) is 5. The number of nitrogens with one attached hydrogen (secondary N) is 2. The minimum absolute atomic E-state index is 0.239. The van der Waals surface area contributed by atoms with Crippen molar-refractivity contribution in [1.82, 2.24) is 9.97 Å². The lowest BCUT2D eigenvalue weighted by Gasteiger charge is -2.18. The highest BCUT2D eigenvalue weighted by Crippen LogP contribution is 2.23. The van der Waals surface area contributed by atoms with Gasteiger partial charge in [0, 0.05) is 42.8 Å². The number of rotatable bonds is 6. The second-order valence-corrected chi connectivity index (χ2v) is 6.58. The lowest BCUT2D eigenvalue weighted by atomic mass is 10.2. The van der Waals surface area contributed by atoms with Gasteiger partial charge in [0.2, 0.25) is 5.95 Å². The molecule has 1 aliphatic heterocycles. The summed E-state index contributed by atoms with van der Waals surface area (Å²) in [4.78, 5) is 11.0. The monoisotopic (exact) mass is 363 g/mol. The number of halogens is 1. The first-order valence-electron chi connectivity index (χ1n) is 9.20. The van der Waals surface area contributed by atoms with Crippen LogP contribution in [0.1, 0.15) is 18.4 Å². The van der Waals surface area contributed by atoms with E-state index in [0.717, 1.165) is 18.8 Å². The molecule has 3 aromatic rings. The number of benzene rings is 2. The van der Waals surface area contributed by atoms with Crippen LogP contribution in [-0.4, -0.2) is 23.1 Å². The van der Waals surface area contributed by atoms with Crippen molar-refractivity contribution in [1.29, 1.82) is 0 Å². The van der Waals surface area contributed by atoms with Crippen molar-refractivity contribution in [3.05, 3.63) is 72.2 Å². The molecule has 138 valence electrons. The molecule has 0 amide bonds. The number of aromatic nitrogens is 2. The fourth-order valence-electron chi connectivity index (χ4n) is 3.21. The summed E-state index contributed by atoms with van der Waals surface area (Å²) in [5.41, 5.74) is 2.81. The van der Waals surface area contributed by atoms with Crippen molar-refractivity contribution < 1.29 is 4.39 Å². The maximum atomic E-state index is 13.7. The van der Waals surface area contributed by atoms with Gasteiger partial charge in [-0.3, -0.25) is 0 Å². The molecular formula is C21H22FN5. The van der Waals surface area contributed by atoms with E-state index >= 15 is 0 Å². The summed E-state index contributed by atoms with van der Waals surface area (Å²) in [6.45, 7) is 2.60. The van der Waals surface area contributed by atoms with Crippen LogP contribution < -0.4 is 15.5 Å². The Hall–Kier alpha value is -3.15. The minimum atomic E-state index is -0.239. The van der Waals surface area contributed by atoms with Gasteiger partial charge in [-0.15, -0.1) is 0 Å². The van der Waals surface area contributed by atoms with E-state index in [2.05, 4.69) is 49.8 Å². The van der Waals surface area contributed by atoms with Crippen LogP contribution in [0.2, 0.25) is 0 Å². The maximum Gasteiger partial charge on any atom is 0.224 e. The molecule has 2 heterocycles. The third-order valence-corrected chi connectivity index (χ3v) is 4.66. The van der Waals surface area contributed by atoms with Gasteiger partial charge in [0.25, 0.3) is 0 Å². The molecule has 6 heteroatoms. The highest BCUT2D eigenvalue weighted by atomic mass is 19.1. The van der Waals surface area contributed by atoms with Crippen LogP contribution in [0.15, 0.2) is 60.8 Å². The SMILES string of the molecule is Fc1ccccc1CNc1nccc(Nc2ccc(N3CCCC3)cc2)n1. The van der Waals surface area contributed by atoms with E-state index < -0.39 is 0 Å². The van der Waals surface area contributed by atoms with Crippen molar-refractivity contribution in [3.8, 4) is 0 Å². The average molecular weight is 363 g/mol. The summed E-state index contributed by atoms with van der Waals surface area (Å²) in [5, 5.41) is 6.35. The topological polar surface area (TPSA) is 53.1 Å². The molecule has 1 aromatic heterocycles. The average Bonchev–Trinajstić information content (AvgIpc) is 3.23. The lowest BCUT2D eigenvalue weighted by molar-refractivity contribution is 0.612. The summed E-state index contributed by atoms with van der Waals surface area (Å²) < 4.78 is 13.7. The Morgan fingerprint density at radius 2 is 1.74 bits per heavy atom. The van der Waals surface area contributed by atoms with Crippen molar-refractivity contribution >= 4 is 23.1 Å². The second-order valence-electron chi connectivity index (χ2n) is 6.58. The van der Waals surface area contributed by atoms with Gasteiger partial charge in [-0.25, -0.2) is 9.37 Å². The zero-order valence-electron chi connectivity index (χ0n) is 15.0. The highest BCUT2D eigenvalue weighted by molar-refractivity contribution is 5.61. The molecule has 27 heavy (non-hydrogen) atoms. The zero-order valence-corrected chi connectivity index (χ0v) is 15.0. The number of anilines is 4. The fraction of sp³-hybridized carbons (Fsp3) is 0.238. The third kappa shape index (κ3) is 4.34. The predicted molar refractivity (Wildman–Crippen MR) is 107 cm³/mol. The fourth-order valence-corrected chi connectivity index (χ4v) is 3.21. The quantitative estimate of drug-likeness (QED) is 0.672. The predicted octanol–water partition coefficient (Wildman–Crippen LogP) is 4.57. The van der Waals surface area contributed by atoms with Crippen LogP contribution >= 0.6 is 0 Å². The van der Waals surface area contributed by atoms with E-state index in [-0.39, 0.29) is 5.82 Å². The Balaban J connectivity index is 1.39. The largest absolute Gasteiger partial charge is 0.372 e. The molecule has 1 saturated heterocycles. The van der Waals surface area contributed by atoms with E-state index in [0.29, 0.717) is 23.9 Å². The Morgan fingerprint density at radius 1 is 0.963 bits per heavy atom. The third-order valence-electron chi connectivity index (χ3n) is 4.66. The van der Waals surface area contributed by atoms with Gasteiger partial charge in [0.1, 0.15) is 11.6 Å². The molecule has 0 saturated carbocycles. The van der Waals surface area contributed by atoms with E-state index in [1.165, 1.54) is 24.6 Å². The van der Waals surface area contributed by atoms with E-state index in [9.17, 15) is 4.39 Å². The molecular weight excluding hydrogens is 341 g/mol. The van der Waals surface area contributed by atoms with Crippen molar-refractivity contribution in [2.75, 3.05) is 28.6 Å². The van der Waals surface area contributed by atoms with Crippen LogP contribution in [0.3, 0.4) is 0 Å². The standard InChI is InChI=1S/C21H22FN5/c22-19-6-2-1-5-16(19)15-24-21-23-12-11-20(26-21)25-17-7-9-18(10-8-17)27-13-3-4-14-27/h1-2,5-12H,3-4,13-15H2,(H2,23,24,25,26). The molecule has 0 atom stereocenters. The van der Waals surface area contributed by atoms with E-state index in [4.69, 9.17) is 0 Å². The summed E-state index contributed by atoms with van der Waals surface area (Å²) in [6.07, 6.45) is 4.21. The molecule has 0 unspecified atom stereocenters.